The summed E-state index contributed by atoms with van der Waals surface area (Å²) in [5.74, 6) is 0.342. The van der Waals surface area contributed by atoms with Gasteiger partial charge in [0.15, 0.2) is 9.84 Å². The molecule has 4 heteroatoms. The van der Waals surface area contributed by atoms with E-state index in [0.717, 1.165) is 19.3 Å². The molecule has 0 saturated carbocycles. The first-order valence-corrected chi connectivity index (χ1v) is 5.30. The molecule has 0 aliphatic carbocycles. The van der Waals surface area contributed by atoms with Crippen LogP contribution in [0.25, 0.3) is 0 Å². The topological polar surface area (TPSA) is 60.2 Å². The molecule has 0 aromatic heterocycles. The van der Waals surface area contributed by atoms with E-state index < -0.39 is 9.84 Å². The summed E-state index contributed by atoms with van der Waals surface area (Å²) in [6.45, 7) is 0.294. The minimum Gasteiger partial charge on any atom is -0.329 e. The van der Waals surface area contributed by atoms with E-state index in [9.17, 15) is 8.42 Å². The summed E-state index contributed by atoms with van der Waals surface area (Å²) >= 11 is 0. The van der Waals surface area contributed by atoms with Crippen molar-refractivity contribution in [1.29, 1.82) is 0 Å². The molecule has 60 valence electrons. The van der Waals surface area contributed by atoms with Gasteiger partial charge in [0.25, 0.3) is 0 Å². The highest BCUT2D eigenvalue weighted by Gasteiger charge is 2.26. The van der Waals surface area contributed by atoms with Crippen LogP contribution >= 0.6 is 0 Å². The highest BCUT2D eigenvalue weighted by molar-refractivity contribution is 7.92. The molecule has 3 nitrogen and oxygen atoms in total. The smallest absolute Gasteiger partial charge is 0.154 e. The summed E-state index contributed by atoms with van der Waals surface area (Å²) in [6, 6.07) is 0. The lowest BCUT2D eigenvalue weighted by Gasteiger charge is -2.19. The molecule has 0 bridgehead atoms. The minimum absolute atomic E-state index is 0.249. The second-order valence-corrected chi connectivity index (χ2v) is 5.12. The fraction of sp³-hybridized carbons (Fsp3) is 1.00. The van der Waals surface area contributed by atoms with Gasteiger partial charge in [0.05, 0.1) is 11.0 Å². The molecule has 1 rings (SSSR count). The Morgan fingerprint density at radius 1 is 1.40 bits per heavy atom. The number of sulfone groups is 1. The zero-order chi connectivity index (χ0) is 7.61. The lowest BCUT2D eigenvalue weighted by Crippen LogP contribution is -2.34. The summed E-state index contributed by atoms with van der Waals surface area (Å²) in [6.07, 6.45) is 2.60. The van der Waals surface area contributed by atoms with Crippen molar-refractivity contribution in [3.63, 3.8) is 0 Å². The van der Waals surface area contributed by atoms with E-state index in [2.05, 4.69) is 0 Å². The van der Waals surface area contributed by atoms with Crippen LogP contribution in [0.3, 0.4) is 0 Å². The van der Waals surface area contributed by atoms with Gasteiger partial charge >= 0.3 is 0 Å². The molecule has 1 fully saturated rings. The molecule has 10 heavy (non-hydrogen) atoms. The second kappa shape index (κ2) is 2.88. The molecule has 0 radical (unpaired) electrons. The van der Waals surface area contributed by atoms with Gasteiger partial charge in [0.1, 0.15) is 0 Å². The van der Waals surface area contributed by atoms with Crippen LogP contribution < -0.4 is 5.73 Å². The van der Waals surface area contributed by atoms with E-state index in [1.54, 1.807) is 0 Å². The highest BCUT2D eigenvalue weighted by Crippen LogP contribution is 2.17. The van der Waals surface area contributed by atoms with Crippen LogP contribution in [0.1, 0.15) is 19.3 Å². The molecule has 1 aliphatic rings. The number of hydrogen-bond donors (Lipinski definition) is 1. The SMILES string of the molecule is NC[C@H]1CCCCS1(=O)=O. The maximum Gasteiger partial charge on any atom is 0.154 e. The van der Waals surface area contributed by atoms with Crippen LogP contribution in [-0.4, -0.2) is 26.0 Å². The van der Waals surface area contributed by atoms with Gasteiger partial charge in [-0.3, -0.25) is 0 Å². The average molecular weight is 163 g/mol. The maximum absolute atomic E-state index is 11.1. The van der Waals surface area contributed by atoms with Crippen molar-refractivity contribution in [2.45, 2.75) is 24.5 Å². The Morgan fingerprint density at radius 2 is 2.10 bits per heavy atom. The quantitative estimate of drug-likeness (QED) is 0.588. The predicted molar refractivity (Wildman–Crippen MR) is 40.5 cm³/mol. The Balaban J connectivity index is 2.70. The van der Waals surface area contributed by atoms with Gasteiger partial charge in [-0.05, 0) is 12.8 Å². The molecule has 2 N–H and O–H groups in total. The summed E-state index contributed by atoms with van der Waals surface area (Å²) < 4.78 is 22.3. The fourth-order valence-electron chi connectivity index (χ4n) is 1.29. The molecule has 0 aromatic rings. The molecule has 1 aliphatic heterocycles. The number of hydrogen-bond acceptors (Lipinski definition) is 3. The highest BCUT2D eigenvalue weighted by atomic mass is 32.2. The first-order chi connectivity index (χ1) is 4.67. The van der Waals surface area contributed by atoms with Gasteiger partial charge in [-0.25, -0.2) is 8.42 Å². The Labute approximate surface area is 61.5 Å². The van der Waals surface area contributed by atoms with Crippen LogP contribution in [0.5, 0.6) is 0 Å². The van der Waals surface area contributed by atoms with Crippen LogP contribution in [0.2, 0.25) is 0 Å². The van der Waals surface area contributed by atoms with Crippen molar-refractivity contribution >= 4 is 9.84 Å². The summed E-state index contributed by atoms with van der Waals surface area (Å²) in [5, 5.41) is -0.249. The average Bonchev–Trinajstić information content (AvgIpc) is 1.87. The van der Waals surface area contributed by atoms with Crippen LogP contribution in [0.15, 0.2) is 0 Å². The van der Waals surface area contributed by atoms with Crippen molar-refractivity contribution < 1.29 is 8.42 Å². The minimum atomic E-state index is -2.80. The molecule has 0 amide bonds. The molecule has 0 aromatic carbocycles. The fourth-order valence-corrected chi connectivity index (χ4v) is 3.04. The lowest BCUT2D eigenvalue weighted by atomic mass is 10.2. The monoisotopic (exact) mass is 163 g/mol. The van der Waals surface area contributed by atoms with Crippen molar-refractivity contribution in [2.24, 2.45) is 5.73 Å². The standard InChI is InChI=1S/C6H13NO2S/c7-5-6-3-1-2-4-10(6,8)9/h6H,1-5,7H2/t6-/m1/s1. The van der Waals surface area contributed by atoms with E-state index in [1.165, 1.54) is 0 Å². The molecule has 0 spiro atoms. The summed E-state index contributed by atoms with van der Waals surface area (Å²) in [4.78, 5) is 0. The molecule has 0 unspecified atom stereocenters. The van der Waals surface area contributed by atoms with Gasteiger partial charge in [-0.15, -0.1) is 0 Å². The Hall–Kier alpha value is -0.0900. The number of nitrogens with two attached hydrogens (primary N) is 1. The van der Waals surface area contributed by atoms with Crippen LogP contribution in [0.4, 0.5) is 0 Å². The molecular weight excluding hydrogens is 150 g/mol. The van der Waals surface area contributed by atoms with E-state index in [4.69, 9.17) is 5.73 Å². The Kier molecular flexibility index (Phi) is 2.31. The first-order valence-electron chi connectivity index (χ1n) is 3.58. The van der Waals surface area contributed by atoms with Gasteiger partial charge < -0.3 is 5.73 Å². The first kappa shape index (κ1) is 8.01. The van der Waals surface area contributed by atoms with Crippen molar-refractivity contribution in [2.75, 3.05) is 12.3 Å². The third kappa shape index (κ3) is 1.49. The third-order valence-electron chi connectivity index (χ3n) is 1.98. The third-order valence-corrected chi connectivity index (χ3v) is 4.28. The Morgan fingerprint density at radius 3 is 2.50 bits per heavy atom. The van der Waals surface area contributed by atoms with Gasteiger partial charge in [0.2, 0.25) is 0 Å². The van der Waals surface area contributed by atoms with Gasteiger partial charge in [-0.1, -0.05) is 6.42 Å². The van der Waals surface area contributed by atoms with Crippen molar-refractivity contribution in [1.82, 2.24) is 0 Å². The van der Waals surface area contributed by atoms with E-state index >= 15 is 0 Å². The molecular formula is C6H13NO2S. The zero-order valence-corrected chi connectivity index (χ0v) is 6.73. The van der Waals surface area contributed by atoms with Crippen LogP contribution in [-0.2, 0) is 9.84 Å². The lowest BCUT2D eigenvalue weighted by molar-refractivity contribution is 0.541. The van der Waals surface area contributed by atoms with Crippen molar-refractivity contribution in [3.8, 4) is 0 Å². The largest absolute Gasteiger partial charge is 0.329 e. The van der Waals surface area contributed by atoms with Gasteiger partial charge in [0, 0.05) is 6.54 Å². The normalized spacial score (nSPS) is 31.9. The second-order valence-electron chi connectivity index (χ2n) is 2.72. The predicted octanol–water partition coefficient (Wildman–Crippen LogP) is -0.0876. The van der Waals surface area contributed by atoms with E-state index in [0.29, 0.717) is 12.3 Å². The van der Waals surface area contributed by atoms with E-state index in [1.807, 2.05) is 0 Å². The Bertz CT molecular complexity index is 198. The van der Waals surface area contributed by atoms with E-state index in [-0.39, 0.29) is 5.25 Å². The zero-order valence-electron chi connectivity index (χ0n) is 5.91. The molecule has 1 atom stereocenters. The van der Waals surface area contributed by atoms with Gasteiger partial charge in [-0.2, -0.15) is 0 Å². The molecule has 1 saturated heterocycles. The maximum atomic E-state index is 11.1. The summed E-state index contributed by atoms with van der Waals surface area (Å²) in [7, 11) is -2.80. The number of rotatable bonds is 1. The molecule has 1 heterocycles. The van der Waals surface area contributed by atoms with Crippen molar-refractivity contribution in [3.05, 3.63) is 0 Å². The summed E-state index contributed by atoms with van der Waals surface area (Å²) in [5.41, 5.74) is 5.30. The van der Waals surface area contributed by atoms with Crippen LogP contribution in [0, 0.1) is 0 Å².